The van der Waals surface area contributed by atoms with Gasteiger partial charge in [-0.3, -0.25) is 14.4 Å². The first kappa shape index (κ1) is 28.2. The fraction of sp³-hybridized carbons (Fsp3) is 0.407. The Morgan fingerprint density at radius 2 is 2.00 bits per heavy atom. The zero-order chi connectivity index (χ0) is 28.2. The van der Waals surface area contributed by atoms with Crippen molar-refractivity contribution >= 4 is 38.6 Å². The van der Waals surface area contributed by atoms with Crippen molar-refractivity contribution < 1.29 is 32.0 Å². The first-order valence-corrected chi connectivity index (χ1v) is 14.1. The number of ketones is 1. The fourth-order valence-electron chi connectivity index (χ4n) is 4.45. The Bertz CT molecular complexity index is 1450. The molecule has 1 saturated heterocycles. The zero-order valence-electron chi connectivity index (χ0n) is 22.0. The maximum atomic E-state index is 13.3. The van der Waals surface area contributed by atoms with Crippen LogP contribution < -0.4 is 15.4 Å². The van der Waals surface area contributed by atoms with Crippen LogP contribution in [0.1, 0.15) is 43.7 Å². The van der Waals surface area contributed by atoms with E-state index in [1.165, 1.54) is 12.3 Å². The predicted molar refractivity (Wildman–Crippen MR) is 143 cm³/mol. The van der Waals surface area contributed by atoms with Crippen LogP contribution in [-0.2, 0) is 19.6 Å². The molecule has 2 atom stereocenters. The number of carbonyl (C=O) groups excluding carboxylic acids is 3. The third-order valence-corrected chi connectivity index (χ3v) is 8.22. The number of methoxy groups -OCH3 is 1. The van der Waals surface area contributed by atoms with E-state index in [4.69, 9.17) is 9.15 Å². The standard InChI is InChI=1S/C27H32N4O7S/c1-17(2)13-21(30-27(34)24-15-18-14-19(37-3)9-10-23(18)38-24)26(33)29-20-7-6-12-31(16-22(20)32)39(35,36)25-8-4-5-11-28-25/h4-5,8-11,14-15,17,20-21H,6-7,12-13,16H2,1-3H3,(H,29,33)(H,30,34)/t20-,21-/m1/s1. The summed E-state index contributed by atoms with van der Waals surface area (Å²) >= 11 is 0. The molecule has 0 unspecified atom stereocenters. The summed E-state index contributed by atoms with van der Waals surface area (Å²) in [5.41, 5.74) is 0.500. The van der Waals surface area contributed by atoms with Gasteiger partial charge in [0.15, 0.2) is 16.6 Å². The third kappa shape index (κ3) is 6.63. The fourth-order valence-corrected chi connectivity index (χ4v) is 5.83. The van der Waals surface area contributed by atoms with Gasteiger partial charge >= 0.3 is 0 Å². The molecular formula is C27H32N4O7S. The van der Waals surface area contributed by atoms with Crippen LogP contribution in [0.15, 0.2) is 58.1 Å². The van der Waals surface area contributed by atoms with Gasteiger partial charge in [0, 0.05) is 18.1 Å². The maximum Gasteiger partial charge on any atom is 0.287 e. The molecule has 2 aromatic heterocycles. The Morgan fingerprint density at radius 3 is 2.69 bits per heavy atom. The lowest BCUT2D eigenvalue weighted by Gasteiger charge is -2.23. The largest absolute Gasteiger partial charge is 0.497 e. The molecule has 11 nitrogen and oxygen atoms in total. The molecule has 12 heteroatoms. The molecular weight excluding hydrogens is 524 g/mol. The van der Waals surface area contributed by atoms with Crippen molar-refractivity contribution in [2.45, 2.75) is 50.2 Å². The maximum absolute atomic E-state index is 13.3. The van der Waals surface area contributed by atoms with Crippen molar-refractivity contribution in [1.29, 1.82) is 0 Å². The Morgan fingerprint density at radius 1 is 1.21 bits per heavy atom. The number of furan rings is 1. The second-order valence-corrected chi connectivity index (χ2v) is 11.7. The SMILES string of the molecule is COc1ccc2oc(C(=O)N[C@H](CC(C)C)C(=O)N[C@@H]3CCCN(S(=O)(=O)c4ccccn4)CC3=O)cc2c1. The average molecular weight is 557 g/mol. The van der Waals surface area contributed by atoms with E-state index in [2.05, 4.69) is 15.6 Å². The van der Waals surface area contributed by atoms with E-state index in [-0.39, 0.29) is 36.2 Å². The van der Waals surface area contributed by atoms with E-state index in [1.807, 2.05) is 13.8 Å². The zero-order valence-corrected chi connectivity index (χ0v) is 22.9. The molecule has 0 aliphatic carbocycles. The summed E-state index contributed by atoms with van der Waals surface area (Å²) in [6.45, 7) is 3.57. The molecule has 2 N–H and O–H groups in total. The van der Waals surface area contributed by atoms with Crippen molar-refractivity contribution in [1.82, 2.24) is 19.9 Å². The van der Waals surface area contributed by atoms with Gasteiger partial charge in [-0.2, -0.15) is 4.31 Å². The van der Waals surface area contributed by atoms with Crippen LogP contribution in [0.5, 0.6) is 5.75 Å². The second-order valence-electron chi connectivity index (χ2n) is 9.85. The number of aromatic nitrogens is 1. The van der Waals surface area contributed by atoms with Gasteiger partial charge < -0.3 is 19.8 Å². The number of nitrogens with one attached hydrogen (secondary N) is 2. The number of rotatable bonds is 9. The second kappa shape index (κ2) is 12.0. The number of pyridine rings is 1. The van der Waals surface area contributed by atoms with Gasteiger partial charge in [-0.05, 0) is 61.6 Å². The summed E-state index contributed by atoms with van der Waals surface area (Å²) in [6.07, 6.45) is 2.34. The summed E-state index contributed by atoms with van der Waals surface area (Å²) in [5.74, 6) is -0.793. The van der Waals surface area contributed by atoms with Gasteiger partial charge in [-0.25, -0.2) is 13.4 Å². The molecule has 3 heterocycles. The van der Waals surface area contributed by atoms with Crippen LogP contribution >= 0.6 is 0 Å². The topological polar surface area (TPSA) is 148 Å². The number of benzene rings is 1. The Hall–Kier alpha value is -3.77. The van der Waals surface area contributed by atoms with Crippen LogP contribution in [0, 0.1) is 5.92 Å². The van der Waals surface area contributed by atoms with E-state index in [1.54, 1.807) is 43.5 Å². The molecule has 1 aromatic carbocycles. The van der Waals surface area contributed by atoms with Crippen molar-refractivity contribution in [2.24, 2.45) is 5.92 Å². The highest BCUT2D eigenvalue weighted by atomic mass is 32.2. The number of fused-ring (bicyclic) bond motifs is 1. The normalized spacial score (nSPS) is 17.5. The summed E-state index contributed by atoms with van der Waals surface area (Å²) < 4.78 is 37.9. The minimum Gasteiger partial charge on any atom is -0.497 e. The number of hydrogen-bond donors (Lipinski definition) is 2. The number of hydrogen-bond acceptors (Lipinski definition) is 8. The predicted octanol–water partition coefficient (Wildman–Crippen LogP) is 2.52. The molecule has 1 aliphatic heterocycles. The number of sulfonamides is 1. The minimum atomic E-state index is -3.95. The average Bonchev–Trinajstić information content (AvgIpc) is 3.26. The number of nitrogens with zero attached hydrogens (tertiary/aromatic N) is 2. The Labute approximate surface area is 227 Å². The lowest BCUT2D eigenvalue weighted by molar-refractivity contribution is -0.129. The Balaban J connectivity index is 1.44. The molecule has 0 bridgehead atoms. The van der Waals surface area contributed by atoms with Crippen molar-refractivity contribution in [3.8, 4) is 5.75 Å². The van der Waals surface area contributed by atoms with Gasteiger partial charge in [0.1, 0.15) is 17.4 Å². The Kier molecular flexibility index (Phi) is 8.66. The molecule has 2 amide bonds. The first-order chi connectivity index (χ1) is 18.6. The number of ether oxygens (including phenoxy) is 1. The molecule has 208 valence electrons. The van der Waals surface area contributed by atoms with E-state index >= 15 is 0 Å². The van der Waals surface area contributed by atoms with Crippen LogP contribution in [0.25, 0.3) is 11.0 Å². The van der Waals surface area contributed by atoms with E-state index in [0.29, 0.717) is 29.6 Å². The summed E-state index contributed by atoms with van der Waals surface area (Å²) in [6, 6.07) is 9.46. The monoisotopic (exact) mass is 556 g/mol. The molecule has 0 spiro atoms. The highest BCUT2D eigenvalue weighted by Crippen LogP contribution is 2.24. The van der Waals surface area contributed by atoms with E-state index < -0.39 is 39.7 Å². The first-order valence-electron chi connectivity index (χ1n) is 12.7. The van der Waals surface area contributed by atoms with E-state index in [0.717, 1.165) is 4.31 Å². The van der Waals surface area contributed by atoms with Crippen molar-refractivity contribution in [3.05, 3.63) is 54.4 Å². The van der Waals surface area contributed by atoms with Crippen LogP contribution in [-0.4, -0.2) is 67.6 Å². The van der Waals surface area contributed by atoms with Crippen molar-refractivity contribution in [3.63, 3.8) is 0 Å². The molecule has 4 rings (SSSR count). The van der Waals surface area contributed by atoms with Gasteiger partial charge in [0.25, 0.3) is 15.9 Å². The summed E-state index contributed by atoms with van der Waals surface area (Å²) in [7, 11) is -2.41. The van der Waals surface area contributed by atoms with Gasteiger partial charge in [-0.1, -0.05) is 19.9 Å². The lowest BCUT2D eigenvalue weighted by Crippen LogP contribution is -2.52. The van der Waals surface area contributed by atoms with Gasteiger partial charge in [0.05, 0.1) is 19.7 Å². The van der Waals surface area contributed by atoms with Crippen molar-refractivity contribution in [2.75, 3.05) is 20.2 Å². The molecule has 1 aliphatic rings. The molecule has 0 radical (unpaired) electrons. The van der Waals surface area contributed by atoms with Gasteiger partial charge in [0.2, 0.25) is 5.91 Å². The molecule has 39 heavy (non-hydrogen) atoms. The quantitative estimate of drug-likeness (QED) is 0.409. The molecule has 3 aromatic rings. The highest BCUT2D eigenvalue weighted by molar-refractivity contribution is 7.89. The van der Waals surface area contributed by atoms with Crippen LogP contribution in [0.3, 0.4) is 0 Å². The summed E-state index contributed by atoms with van der Waals surface area (Å²) in [5, 5.41) is 6.01. The number of carbonyl (C=O) groups is 3. The third-order valence-electron chi connectivity index (χ3n) is 6.46. The number of Topliss-reactive ketones (excluding diaryl/α,β-unsaturated/α-hetero) is 1. The molecule has 1 fully saturated rings. The highest BCUT2D eigenvalue weighted by Gasteiger charge is 2.35. The smallest absolute Gasteiger partial charge is 0.287 e. The summed E-state index contributed by atoms with van der Waals surface area (Å²) in [4.78, 5) is 43.2. The van der Waals surface area contributed by atoms with Crippen LogP contribution in [0.4, 0.5) is 0 Å². The molecule has 0 saturated carbocycles. The van der Waals surface area contributed by atoms with E-state index in [9.17, 15) is 22.8 Å². The van der Waals surface area contributed by atoms with Gasteiger partial charge in [-0.15, -0.1) is 0 Å². The van der Waals surface area contributed by atoms with Crippen LogP contribution in [0.2, 0.25) is 0 Å². The number of amides is 2. The minimum absolute atomic E-state index is 0.0423. The lowest BCUT2D eigenvalue weighted by atomic mass is 10.0.